The Balaban J connectivity index is 1.46. The van der Waals surface area contributed by atoms with Crippen LogP contribution in [0.25, 0.3) is 0 Å². The Morgan fingerprint density at radius 2 is 1.92 bits per heavy atom. The molecule has 1 aliphatic carbocycles. The summed E-state index contributed by atoms with van der Waals surface area (Å²) in [5.41, 5.74) is 4.24. The number of hydroxylamine groups is 2. The fraction of sp³-hybridized carbons (Fsp3) is 0.769. The molecule has 4 N–H and O–H groups in total. The van der Waals surface area contributed by atoms with Crippen molar-refractivity contribution in [1.29, 1.82) is 0 Å². The zero-order valence-electron chi connectivity index (χ0n) is 13.7. The fourth-order valence-electron chi connectivity index (χ4n) is 3.86. The second-order valence-corrected chi connectivity index (χ2v) is 8.14. The van der Waals surface area contributed by atoms with E-state index < -0.39 is 39.8 Å². The Hall–Kier alpha value is -1.96. The van der Waals surface area contributed by atoms with Crippen molar-refractivity contribution in [3.63, 3.8) is 0 Å². The Bertz CT molecular complexity index is 763. The zero-order chi connectivity index (χ0) is 18.7. The van der Waals surface area contributed by atoms with Gasteiger partial charge < -0.3 is 10.2 Å². The summed E-state index contributed by atoms with van der Waals surface area (Å²) in [6, 6.07) is -2.54. The summed E-state index contributed by atoms with van der Waals surface area (Å²) in [4.78, 5) is 38.0. The summed E-state index contributed by atoms with van der Waals surface area (Å²) in [6.07, 6.45) is 2.44. The molecule has 3 heterocycles. The molecule has 0 radical (unpaired) electrons. The normalized spacial score (nSPS) is 31.6. The Kier molecular flexibility index (Phi) is 3.87. The van der Waals surface area contributed by atoms with Crippen LogP contribution < -0.4 is 16.2 Å². The maximum atomic E-state index is 12.5. The molecule has 4 fully saturated rings. The number of urea groups is 1. The number of nitrogens with one attached hydrogen (secondary N) is 3. The minimum Gasteiger partial charge on any atom is -0.309 e. The van der Waals surface area contributed by atoms with Gasteiger partial charge in [-0.1, -0.05) is 0 Å². The molecule has 4 rings (SSSR count). The second kappa shape index (κ2) is 5.77. The van der Waals surface area contributed by atoms with Crippen molar-refractivity contribution < 1.29 is 31.6 Å². The molecule has 1 saturated carbocycles. The summed E-state index contributed by atoms with van der Waals surface area (Å²) >= 11 is 0. The maximum Gasteiger partial charge on any atom is 0.418 e. The van der Waals surface area contributed by atoms with Gasteiger partial charge in [-0.3, -0.25) is 25.0 Å². The summed E-state index contributed by atoms with van der Waals surface area (Å²) < 4.78 is 35.4. The van der Waals surface area contributed by atoms with Crippen LogP contribution in [0.3, 0.4) is 0 Å². The van der Waals surface area contributed by atoms with E-state index >= 15 is 0 Å². The lowest BCUT2D eigenvalue weighted by Gasteiger charge is -2.35. The molecule has 3 atom stereocenters. The number of rotatable bonds is 4. The largest absolute Gasteiger partial charge is 0.418 e. The first kappa shape index (κ1) is 17.5. The van der Waals surface area contributed by atoms with E-state index in [1.165, 1.54) is 4.90 Å². The van der Waals surface area contributed by atoms with Crippen molar-refractivity contribution in [2.24, 2.45) is 5.41 Å². The van der Waals surface area contributed by atoms with E-state index in [4.69, 9.17) is 4.55 Å². The third-order valence-electron chi connectivity index (χ3n) is 5.59. The topological polar surface area (TPSA) is 157 Å². The van der Waals surface area contributed by atoms with Crippen LogP contribution in [-0.4, -0.2) is 72.0 Å². The Morgan fingerprint density at radius 3 is 2.46 bits per heavy atom. The van der Waals surface area contributed by atoms with E-state index in [-0.39, 0.29) is 18.5 Å². The van der Waals surface area contributed by atoms with Gasteiger partial charge in [0.1, 0.15) is 6.04 Å². The van der Waals surface area contributed by atoms with Crippen molar-refractivity contribution in [2.45, 2.75) is 43.8 Å². The molecule has 0 aromatic carbocycles. The predicted molar refractivity (Wildman–Crippen MR) is 83.1 cm³/mol. The third kappa shape index (κ3) is 2.90. The SMILES string of the molecule is O=C(NNC(=O)[C@@H]1CC2(CC2)[C@@H]2CN1C(=O)N2OS(=O)(=O)O)C1CCN1. The monoisotopic (exact) mass is 389 g/mol. The zero-order valence-corrected chi connectivity index (χ0v) is 14.5. The first-order valence-electron chi connectivity index (χ1n) is 8.30. The molecule has 26 heavy (non-hydrogen) atoms. The lowest BCUT2D eigenvalue weighted by atomic mass is 9.85. The highest BCUT2D eigenvalue weighted by atomic mass is 32.3. The van der Waals surface area contributed by atoms with Crippen LogP contribution in [0.4, 0.5) is 4.79 Å². The van der Waals surface area contributed by atoms with Crippen LogP contribution in [-0.2, 0) is 24.3 Å². The summed E-state index contributed by atoms with van der Waals surface area (Å²) in [6.45, 7) is 0.856. The van der Waals surface area contributed by atoms with Crippen molar-refractivity contribution in [3.05, 3.63) is 0 Å². The lowest BCUT2D eigenvalue weighted by molar-refractivity contribution is -0.134. The van der Waals surface area contributed by atoms with E-state index in [2.05, 4.69) is 20.5 Å². The number of hydrazine groups is 1. The van der Waals surface area contributed by atoms with Crippen molar-refractivity contribution in [1.82, 2.24) is 26.1 Å². The minimum absolute atomic E-state index is 0.116. The van der Waals surface area contributed by atoms with Crippen LogP contribution >= 0.6 is 0 Å². The van der Waals surface area contributed by atoms with Gasteiger partial charge in [-0.15, -0.1) is 4.28 Å². The van der Waals surface area contributed by atoms with E-state index in [0.717, 1.165) is 6.54 Å². The van der Waals surface area contributed by atoms with Gasteiger partial charge in [0, 0.05) is 6.54 Å². The molecule has 3 aliphatic heterocycles. The van der Waals surface area contributed by atoms with Gasteiger partial charge in [0.2, 0.25) is 0 Å². The Morgan fingerprint density at radius 1 is 1.27 bits per heavy atom. The molecule has 2 bridgehead atoms. The molecule has 13 heteroatoms. The minimum atomic E-state index is -4.85. The molecule has 0 aromatic rings. The lowest BCUT2D eigenvalue weighted by Crippen LogP contribution is -2.60. The summed E-state index contributed by atoms with van der Waals surface area (Å²) in [5.74, 6) is -0.909. The molecule has 4 amide bonds. The van der Waals surface area contributed by atoms with Crippen molar-refractivity contribution >= 4 is 28.2 Å². The van der Waals surface area contributed by atoms with E-state index in [1.807, 2.05) is 0 Å². The molecular weight excluding hydrogens is 370 g/mol. The van der Waals surface area contributed by atoms with Gasteiger partial charge in [-0.25, -0.2) is 4.79 Å². The molecule has 0 aromatic heterocycles. The first-order valence-corrected chi connectivity index (χ1v) is 9.67. The molecule has 144 valence electrons. The number of carbonyl (C=O) groups excluding carboxylic acids is 3. The van der Waals surface area contributed by atoms with Crippen molar-refractivity contribution in [2.75, 3.05) is 13.1 Å². The molecule has 3 saturated heterocycles. The standard InChI is InChI=1S/C13H19N5O7S/c19-10(7-1-4-14-7)15-16-11(20)8-5-13(2-3-13)9-6-17(8)12(21)18(9)25-26(22,23)24/h7-9,14H,1-6H2,(H,15,19)(H,16,20)(H,22,23,24)/t7?,8-,9-/m0/s1. The number of hydrogen-bond donors (Lipinski definition) is 4. The van der Waals surface area contributed by atoms with Crippen molar-refractivity contribution in [3.8, 4) is 0 Å². The number of hydrogen-bond acceptors (Lipinski definition) is 7. The highest BCUT2D eigenvalue weighted by Crippen LogP contribution is 2.59. The first-order chi connectivity index (χ1) is 12.2. The average Bonchev–Trinajstić information content (AvgIpc) is 3.21. The number of nitrogens with zero attached hydrogens (tertiary/aromatic N) is 2. The number of carbonyl (C=O) groups is 3. The summed E-state index contributed by atoms with van der Waals surface area (Å²) in [5, 5.41) is 3.55. The summed E-state index contributed by atoms with van der Waals surface area (Å²) in [7, 11) is -4.85. The quantitative estimate of drug-likeness (QED) is 0.314. The van der Waals surface area contributed by atoms with E-state index in [9.17, 15) is 22.8 Å². The molecule has 1 spiro atoms. The average molecular weight is 389 g/mol. The van der Waals surface area contributed by atoms with Crippen LogP contribution in [0.5, 0.6) is 0 Å². The van der Waals surface area contributed by atoms with Gasteiger partial charge in [0.15, 0.2) is 0 Å². The van der Waals surface area contributed by atoms with Gasteiger partial charge >= 0.3 is 16.4 Å². The number of piperidine rings is 1. The van der Waals surface area contributed by atoms with Crippen LogP contribution in [0.2, 0.25) is 0 Å². The van der Waals surface area contributed by atoms with Gasteiger partial charge in [-0.2, -0.15) is 13.5 Å². The highest BCUT2D eigenvalue weighted by Gasteiger charge is 2.65. The Labute approximate surface area is 149 Å². The van der Waals surface area contributed by atoms with E-state index in [0.29, 0.717) is 30.7 Å². The van der Waals surface area contributed by atoms with Gasteiger partial charge in [0.05, 0.1) is 12.1 Å². The molecule has 12 nitrogen and oxygen atoms in total. The highest BCUT2D eigenvalue weighted by molar-refractivity contribution is 7.80. The maximum absolute atomic E-state index is 12.5. The molecular formula is C13H19N5O7S. The van der Waals surface area contributed by atoms with Gasteiger partial charge in [-0.05, 0) is 37.6 Å². The molecule has 1 unspecified atom stereocenters. The number of amides is 4. The van der Waals surface area contributed by atoms with Gasteiger partial charge in [0.25, 0.3) is 11.8 Å². The van der Waals surface area contributed by atoms with Crippen LogP contribution in [0.15, 0.2) is 0 Å². The fourth-order valence-corrected chi connectivity index (χ4v) is 4.23. The third-order valence-corrected chi connectivity index (χ3v) is 5.94. The van der Waals surface area contributed by atoms with Crippen LogP contribution in [0.1, 0.15) is 25.7 Å². The second-order valence-electron chi connectivity index (χ2n) is 7.13. The smallest absolute Gasteiger partial charge is 0.309 e. The predicted octanol–water partition coefficient (Wildman–Crippen LogP) is -2.11. The molecule has 4 aliphatic rings. The number of fused-ring (bicyclic) bond motifs is 3. The van der Waals surface area contributed by atoms with Crippen LogP contribution in [0, 0.1) is 5.41 Å². The van der Waals surface area contributed by atoms with E-state index in [1.54, 1.807) is 0 Å².